The highest BCUT2D eigenvalue weighted by atomic mass is 28.4. The summed E-state index contributed by atoms with van der Waals surface area (Å²) in [6, 6.07) is 28.2. The Hall–Kier alpha value is -2.68. The van der Waals surface area contributed by atoms with Crippen molar-refractivity contribution < 1.29 is 4.43 Å². The highest BCUT2D eigenvalue weighted by molar-refractivity contribution is 6.91. The first kappa shape index (κ1) is 26.9. The Labute approximate surface area is 230 Å². The fraction of sp³-hybridized carbons (Fsp3) is 0.389. The predicted octanol–water partition coefficient (Wildman–Crippen LogP) is 10.4. The van der Waals surface area contributed by atoms with Crippen LogP contribution in [0.1, 0.15) is 74.8 Å². The van der Waals surface area contributed by atoms with Gasteiger partial charge in [-0.2, -0.15) is 0 Å². The normalized spacial score (nSPS) is 13.7. The maximum absolute atomic E-state index is 6.85. The molecular weight excluding hydrogens is 476 g/mol. The molecule has 0 heterocycles. The van der Waals surface area contributed by atoms with Gasteiger partial charge >= 0.3 is 0 Å². The van der Waals surface area contributed by atoms with Gasteiger partial charge in [-0.3, -0.25) is 0 Å². The quantitative estimate of drug-likeness (QED) is 0.170. The molecule has 0 atom stereocenters. The summed E-state index contributed by atoms with van der Waals surface area (Å²) in [4.78, 5) is 0. The lowest BCUT2D eigenvalue weighted by molar-refractivity contribution is 0.285. The minimum absolute atomic E-state index is 0.0644. The minimum atomic E-state index is -2.35. The standard InChI is InChI=1S/C36H44OSi/c1-11-37-38(35(5,6)7,36(8,9)10)33-15-13-25-17-27-18-26-16-24-12-14-32(34(2,3)4)22-30(24)20-28(26)19-29(27)21-31(25)23-33/h12-23H,11H2,1-10H3. The molecule has 0 saturated heterocycles. The van der Waals surface area contributed by atoms with E-state index < -0.39 is 8.32 Å². The Morgan fingerprint density at radius 2 is 0.895 bits per heavy atom. The van der Waals surface area contributed by atoms with E-state index in [1.54, 1.807) is 0 Å². The zero-order chi connectivity index (χ0) is 27.7. The maximum atomic E-state index is 6.85. The molecule has 1 nitrogen and oxygen atoms in total. The van der Waals surface area contributed by atoms with E-state index in [9.17, 15) is 0 Å². The van der Waals surface area contributed by atoms with Crippen molar-refractivity contribution >= 4 is 56.6 Å². The molecule has 0 spiro atoms. The SMILES string of the molecule is CCO[Si](c1ccc2cc3cc4cc5ccc(C(C)(C)C)cc5cc4cc3cc2c1)(C(C)(C)C)C(C)(C)C. The molecular formula is C36H44OSi. The Bertz CT molecular complexity index is 1660. The second-order valence-corrected chi connectivity index (χ2v) is 19.5. The zero-order valence-corrected chi connectivity index (χ0v) is 26.0. The highest BCUT2D eigenvalue weighted by Crippen LogP contribution is 2.51. The Kier molecular flexibility index (Phi) is 6.32. The highest BCUT2D eigenvalue weighted by Gasteiger charge is 2.56. The van der Waals surface area contributed by atoms with Gasteiger partial charge in [0.2, 0.25) is 8.32 Å². The van der Waals surface area contributed by atoms with Crippen molar-refractivity contribution in [1.82, 2.24) is 0 Å². The van der Waals surface area contributed by atoms with Gasteiger partial charge in [-0.1, -0.05) is 98.7 Å². The van der Waals surface area contributed by atoms with Gasteiger partial charge in [0, 0.05) is 6.61 Å². The molecule has 0 N–H and O–H groups in total. The number of rotatable bonds is 3. The van der Waals surface area contributed by atoms with E-state index >= 15 is 0 Å². The smallest absolute Gasteiger partial charge is 0.234 e. The summed E-state index contributed by atoms with van der Waals surface area (Å²) < 4.78 is 6.85. The predicted molar refractivity (Wildman–Crippen MR) is 172 cm³/mol. The van der Waals surface area contributed by atoms with Crippen molar-refractivity contribution in [3.63, 3.8) is 0 Å². The van der Waals surface area contributed by atoms with Crippen LogP contribution in [-0.2, 0) is 9.84 Å². The number of benzene rings is 5. The van der Waals surface area contributed by atoms with Crippen molar-refractivity contribution in [2.24, 2.45) is 0 Å². The van der Waals surface area contributed by atoms with Gasteiger partial charge in [-0.05, 0) is 113 Å². The molecule has 0 saturated carbocycles. The lowest BCUT2D eigenvalue weighted by Gasteiger charge is -2.51. The Morgan fingerprint density at radius 1 is 0.500 bits per heavy atom. The molecule has 5 rings (SSSR count). The summed E-state index contributed by atoms with van der Waals surface area (Å²) in [6.07, 6.45) is 0. The first-order chi connectivity index (χ1) is 17.6. The number of hydrogen-bond acceptors (Lipinski definition) is 1. The second kappa shape index (κ2) is 8.93. The van der Waals surface area contributed by atoms with Gasteiger partial charge in [0.15, 0.2) is 0 Å². The summed E-state index contributed by atoms with van der Waals surface area (Å²) in [5.74, 6) is 0. The molecule has 0 unspecified atom stereocenters. The molecule has 5 aromatic rings. The van der Waals surface area contributed by atoms with Crippen molar-refractivity contribution in [3.8, 4) is 0 Å². The van der Waals surface area contributed by atoms with Crippen LogP contribution in [0.4, 0.5) is 0 Å². The van der Waals surface area contributed by atoms with E-state index in [4.69, 9.17) is 4.43 Å². The summed E-state index contributed by atoms with van der Waals surface area (Å²) >= 11 is 0. The number of hydrogen-bond donors (Lipinski definition) is 0. The van der Waals surface area contributed by atoms with E-state index in [2.05, 4.69) is 142 Å². The van der Waals surface area contributed by atoms with Crippen molar-refractivity contribution in [2.45, 2.75) is 84.7 Å². The fourth-order valence-corrected chi connectivity index (χ4v) is 13.0. The van der Waals surface area contributed by atoms with Crippen LogP contribution in [0, 0.1) is 0 Å². The zero-order valence-electron chi connectivity index (χ0n) is 25.0. The lowest BCUT2D eigenvalue weighted by atomic mass is 9.85. The van der Waals surface area contributed by atoms with Gasteiger partial charge in [0.25, 0.3) is 0 Å². The minimum Gasteiger partial charge on any atom is -0.412 e. The van der Waals surface area contributed by atoms with Crippen LogP contribution in [0.25, 0.3) is 43.1 Å². The molecule has 0 fully saturated rings. The molecule has 0 aromatic heterocycles. The molecule has 0 radical (unpaired) electrons. The monoisotopic (exact) mass is 520 g/mol. The summed E-state index contributed by atoms with van der Waals surface area (Å²) in [6.45, 7) is 23.9. The average Bonchev–Trinajstić information content (AvgIpc) is 2.80. The molecule has 0 aliphatic carbocycles. The summed E-state index contributed by atoms with van der Waals surface area (Å²) in [5, 5.41) is 11.9. The van der Waals surface area contributed by atoms with Crippen molar-refractivity contribution in [3.05, 3.63) is 78.4 Å². The van der Waals surface area contributed by atoms with E-state index in [-0.39, 0.29) is 15.5 Å². The topological polar surface area (TPSA) is 9.23 Å². The summed E-state index contributed by atoms with van der Waals surface area (Å²) in [5.41, 5.74) is 1.52. The molecule has 5 aromatic carbocycles. The van der Waals surface area contributed by atoms with Gasteiger partial charge in [-0.15, -0.1) is 0 Å². The molecule has 0 aliphatic rings. The molecule has 38 heavy (non-hydrogen) atoms. The van der Waals surface area contributed by atoms with Crippen molar-refractivity contribution in [2.75, 3.05) is 6.61 Å². The van der Waals surface area contributed by atoms with Crippen LogP contribution in [0.3, 0.4) is 0 Å². The van der Waals surface area contributed by atoms with Crippen LogP contribution in [0.5, 0.6) is 0 Å². The molecule has 0 amide bonds. The largest absolute Gasteiger partial charge is 0.412 e. The maximum Gasteiger partial charge on any atom is 0.234 e. The molecule has 2 heteroatoms. The first-order valence-corrected chi connectivity index (χ1v) is 16.0. The first-order valence-electron chi connectivity index (χ1n) is 14.1. The van der Waals surface area contributed by atoms with E-state index in [1.165, 1.54) is 53.8 Å². The van der Waals surface area contributed by atoms with Crippen LogP contribution in [-0.4, -0.2) is 14.9 Å². The van der Waals surface area contributed by atoms with Gasteiger partial charge in [0.05, 0.1) is 0 Å². The third kappa shape index (κ3) is 4.36. The van der Waals surface area contributed by atoms with Crippen molar-refractivity contribution in [1.29, 1.82) is 0 Å². The van der Waals surface area contributed by atoms with Gasteiger partial charge < -0.3 is 4.43 Å². The van der Waals surface area contributed by atoms with Crippen LogP contribution in [0.15, 0.2) is 72.8 Å². The third-order valence-electron chi connectivity index (χ3n) is 8.45. The van der Waals surface area contributed by atoms with E-state index in [1.807, 2.05) is 0 Å². The van der Waals surface area contributed by atoms with Gasteiger partial charge in [-0.25, -0.2) is 0 Å². The Morgan fingerprint density at radius 3 is 1.32 bits per heavy atom. The van der Waals surface area contributed by atoms with Crippen LogP contribution < -0.4 is 5.19 Å². The molecule has 0 aliphatic heterocycles. The van der Waals surface area contributed by atoms with E-state index in [0.29, 0.717) is 0 Å². The fourth-order valence-electron chi connectivity index (χ4n) is 6.91. The third-order valence-corrected chi connectivity index (χ3v) is 14.5. The second-order valence-electron chi connectivity index (χ2n) is 14.2. The summed E-state index contributed by atoms with van der Waals surface area (Å²) in [7, 11) is -2.35. The Balaban J connectivity index is 1.72. The molecule has 198 valence electrons. The van der Waals surface area contributed by atoms with E-state index in [0.717, 1.165) is 6.61 Å². The van der Waals surface area contributed by atoms with Crippen LogP contribution >= 0.6 is 0 Å². The average molecular weight is 521 g/mol. The molecule has 0 bridgehead atoms. The van der Waals surface area contributed by atoms with Crippen LogP contribution in [0.2, 0.25) is 10.1 Å². The van der Waals surface area contributed by atoms with Gasteiger partial charge in [0.1, 0.15) is 0 Å². The lowest BCUT2D eigenvalue weighted by Crippen LogP contribution is -2.63. The number of fused-ring (bicyclic) bond motifs is 4.